The summed E-state index contributed by atoms with van der Waals surface area (Å²) in [6.45, 7) is 3.41. The second-order valence-corrected chi connectivity index (χ2v) is 9.99. The average molecular weight is 541 g/mol. The molecule has 0 saturated heterocycles. The zero-order valence-corrected chi connectivity index (χ0v) is 22.2. The van der Waals surface area contributed by atoms with Gasteiger partial charge in [0, 0.05) is 17.3 Å². The van der Waals surface area contributed by atoms with Crippen molar-refractivity contribution in [2.24, 2.45) is 4.99 Å². The van der Waals surface area contributed by atoms with E-state index in [1.165, 1.54) is 22.0 Å². The van der Waals surface area contributed by atoms with Crippen molar-refractivity contribution in [3.05, 3.63) is 131 Å². The molecule has 4 aromatic rings. The number of para-hydroxylation sites is 1. The van der Waals surface area contributed by atoms with E-state index in [1.54, 1.807) is 63.4 Å². The van der Waals surface area contributed by atoms with Crippen molar-refractivity contribution in [2.45, 2.75) is 19.9 Å². The summed E-state index contributed by atoms with van der Waals surface area (Å²) in [4.78, 5) is 43.5. The van der Waals surface area contributed by atoms with Gasteiger partial charge in [-0.05, 0) is 55.3 Å². The molecule has 0 saturated carbocycles. The van der Waals surface area contributed by atoms with Gasteiger partial charge < -0.3 is 10.1 Å². The van der Waals surface area contributed by atoms with Crippen molar-refractivity contribution in [3.63, 3.8) is 0 Å². The van der Waals surface area contributed by atoms with Gasteiger partial charge in [0.1, 0.15) is 5.75 Å². The Bertz CT molecular complexity index is 1810. The van der Waals surface area contributed by atoms with Crippen molar-refractivity contribution < 1.29 is 14.5 Å². The van der Waals surface area contributed by atoms with E-state index in [4.69, 9.17) is 4.74 Å². The average Bonchev–Trinajstić information content (AvgIpc) is 3.23. The van der Waals surface area contributed by atoms with Crippen LogP contribution in [0.15, 0.2) is 93.9 Å². The molecular weight excluding hydrogens is 516 g/mol. The molecule has 1 aromatic heterocycles. The number of allylic oxidation sites excluding steroid dienone is 1. The monoisotopic (exact) mass is 540 g/mol. The van der Waals surface area contributed by atoms with Gasteiger partial charge in [0.15, 0.2) is 4.80 Å². The van der Waals surface area contributed by atoms with Gasteiger partial charge in [-0.25, -0.2) is 4.99 Å². The zero-order chi connectivity index (χ0) is 27.7. The quantitative estimate of drug-likeness (QED) is 0.292. The van der Waals surface area contributed by atoms with E-state index in [0.29, 0.717) is 48.7 Å². The van der Waals surface area contributed by atoms with Crippen molar-refractivity contribution in [1.82, 2.24) is 4.57 Å². The normalized spacial score (nSPS) is 14.9. The number of thiazole rings is 1. The number of methoxy groups -OCH3 is 1. The van der Waals surface area contributed by atoms with Gasteiger partial charge in [0.2, 0.25) is 0 Å². The summed E-state index contributed by atoms with van der Waals surface area (Å²) in [6, 6.07) is 20.3. The minimum atomic E-state index is -0.745. The number of nitro benzene ring substituents is 1. The second kappa shape index (κ2) is 10.5. The molecule has 39 heavy (non-hydrogen) atoms. The van der Waals surface area contributed by atoms with Gasteiger partial charge in [-0.3, -0.25) is 24.3 Å². The maximum absolute atomic E-state index is 13.8. The Labute approximate surface area is 227 Å². The predicted octanol–water partition coefficient (Wildman–Crippen LogP) is 4.10. The van der Waals surface area contributed by atoms with E-state index in [-0.39, 0.29) is 17.2 Å². The maximum atomic E-state index is 13.8. The molecule has 1 aliphatic heterocycles. The van der Waals surface area contributed by atoms with E-state index in [2.05, 4.69) is 10.3 Å². The van der Waals surface area contributed by atoms with Crippen molar-refractivity contribution >= 4 is 34.7 Å². The van der Waals surface area contributed by atoms with E-state index < -0.39 is 11.0 Å². The molecule has 10 heteroatoms. The van der Waals surface area contributed by atoms with Gasteiger partial charge >= 0.3 is 0 Å². The number of carbonyl (C=O) groups excluding carboxylic acids is 1. The summed E-state index contributed by atoms with van der Waals surface area (Å²) < 4.78 is 7.16. The Kier molecular flexibility index (Phi) is 6.95. The zero-order valence-electron chi connectivity index (χ0n) is 21.4. The first-order valence-electron chi connectivity index (χ1n) is 12.0. The molecule has 3 aromatic carbocycles. The molecule has 1 N–H and O–H groups in total. The summed E-state index contributed by atoms with van der Waals surface area (Å²) in [6.07, 6.45) is 1.62. The Morgan fingerprint density at radius 2 is 1.82 bits per heavy atom. The van der Waals surface area contributed by atoms with Gasteiger partial charge in [-0.1, -0.05) is 53.8 Å². The summed E-state index contributed by atoms with van der Waals surface area (Å²) >= 11 is 1.17. The molecule has 1 aliphatic rings. The van der Waals surface area contributed by atoms with Crippen LogP contribution in [0.25, 0.3) is 6.08 Å². The number of nitro groups is 1. The number of anilines is 1. The predicted molar refractivity (Wildman–Crippen MR) is 150 cm³/mol. The van der Waals surface area contributed by atoms with Crippen LogP contribution in [0.5, 0.6) is 5.75 Å². The van der Waals surface area contributed by atoms with Crippen LogP contribution in [0, 0.1) is 17.0 Å². The van der Waals surface area contributed by atoms with Crippen LogP contribution in [-0.4, -0.2) is 22.5 Å². The molecule has 196 valence electrons. The lowest BCUT2D eigenvalue weighted by Crippen LogP contribution is -2.40. The number of ether oxygens (including phenoxy) is 1. The van der Waals surface area contributed by atoms with Gasteiger partial charge in [0.05, 0.1) is 33.9 Å². The summed E-state index contributed by atoms with van der Waals surface area (Å²) in [7, 11) is 1.57. The molecule has 0 radical (unpaired) electrons. The fourth-order valence-electron chi connectivity index (χ4n) is 4.50. The Morgan fingerprint density at radius 1 is 1.10 bits per heavy atom. The first kappa shape index (κ1) is 25.8. The fourth-order valence-corrected chi connectivity index (χ4v) is 5.54. The molecule has 1 amide bonds. The Hall–Kier alpha value is -4.83. The van der Waals surface area contributed by atoms with Crippen LogP contribution >= 0.6 is 11.3 Å². The Morgan fingerprint density at radius 3 is 2.49 bits per heavy atom. The van der Waals surface area contributed by atoms with Crippen LogP contribution in [0.1, 0.15) is 29.7 Å². The molecule has 0 fully saturated rings. The number of amides is 1. The summed E-state index contributed by atoms with van der Waals surface area (Å²) in [5.74, 6) is 0.273. The molecule has 2 heterocycles. The molecular formula is C29H24N4O5S. The first-order valence-corrected chi connectivity index (χ1v) is 12.9. The molecule has 0 bridgehead atoms. The largest absolute Gasteiger partial charge is 0.497 e. The standard InChI is InChI=1S/C29H24N4O5S/c1-17-9-10-19(15-23(17)33(36)37)16-24-28(35)32-26(20-11-13-22(38-3)14-12-20)25(18(2)30-29(32)39-24)27(34)31-21-7-5-4-6-8-21/h4-16,26H,1-3H3,(H,31,34)/b24-16-/t26-/m1/s1. The molecule has 9 nitrogen and oxygen atoms in total. The third kappa shape index (κ3) is 5.01. The molecule has 0 aliphatic carbocycles. The number of hydrogen-bond donors (Lipinski definition) is 1. The first-order chi connectivity index (χ1) is 18.8. The minimum Gasteiger partial charge on any atom is -0.497 e. The summed E-state index contributed by atoms with van der Waals surface area (Å²) in [5, 5.41) is 14.3. The number of nitrogens with one attached hydrogen (secondary N) is 1. The van der Waals surface area contributed by atoms with Crippen LogP contribution in [-0.2, 0) is 4.79 Å². The smallest absolute Gasteiger partial charge is 0.272 e. The number of fused-ring (bicyclic) bond motifs is 1. The lowest BCUT2D eigenvalue weighted by Gasteiger charge is -2.25. The minimum absolute atomic E-state index is 0.0247. The lowest BCUT2D eigenvalue weighted by atomic mass is 9.95. The highest BCUT2D eigenvalue weighted by Crippen LogP contribution is 2.31. The maximum Gasteiger partial charge on any atom is 0.272 e. The topological polar surface area (TPSA) is 116 Å². The number of aryl methyl sites for hydroxylation is 1. The van der Waals surface area contributed by atoms with Gasteiger partial charge in [-0.15, -0.1) is 0 Å². The highest BCUT2D eigenvalue weighted by Gasteiger charge is 2.32. The molecule has 5 rings (SSSR count). The highest BCUT2D eigenvalue weighted by molar-refractivity contribution is 7.07. The molecule has 0 unspecified atom stereocenters. The van der Waals surface area contributed by atoms with E-state index in [9.17, 15) is 19.7 Å². The van der Waals surface area contributed by atoms with E-state index in [1.807, 2.05) is 30.3 Å². The second-order valence-electron chi connectivity index (χ2n) is 8.98. The third-order valence-electron chi connectivity index (χ3n) is 6.46. The van der Waals surface area contributed by atoms with Crippen molar-refractivity contribution in [3.8, 4) is 5.75 Å². The molecule has 0 spiro atoms. The van der Waals surface area contributed by atoms with Crippen LogP contribution < -0.4 is 24.9 Å². The fraction of sp³-hybridized carbons (Fsp3) is 0.138. The number of benzene rings is 3. The summed E-state index contributed by atoms with van der Waals surface area (Å²) in [5.41, 5.74) is 2.84. The number of rotatable bonds is 6. The SMILES string of the molecule is COc1ccc([C@@H]2C(C(=O)Nc3ccccc3)=C(C)N=c3s/c(=C\c4ccc(C)c([N+](=O)[O-])c4)c(=O)n32)cc1. The number of carbonyl (C=O) groups is 1. The highest BCUT2D eigenvalue weighted by atomic mass is 32.1. The molecule has 1 atom stereocenters. The third-order valence-corrected chi connectivity index (χ3v) is 7.44. The van der Waals surface area contributed by atoms with Crippen LogP contribution in [0.3, 0.4) is 0 Å². The number of aromatic nitrogens is 1. The van der Waals surface area contributed by atoms with Crippen LogP contribution in [0.4, 0.5) is 11.4 Å². The van der Waals surface area contributed by atoms with Crippen molar-refractivity contribution in [1.29, 1.82) is 0 Å². The van der Waals surface area contributed by atoms with Crippen molar-refractivity contribution in [2.75, 3.05) is 12.4 Å². The van der Waals surface area contributed by atoms with E-state index in [0.717, 1.165) is 0 Å². The Balaban J connectivity index is 1.67. The number of nitrogens with zero attached hydrogens (tertiary/aromatic N) is 3. The van der Waals surface area contributed by atoms with Gasteiger partial charge in [0.25, 0.3) is 17.2 Å². The van der Waals surface area contributed by atoms with Gasteiger partial charge in [-0.2, -0.15) is 0 Å². The van der Waals surface area contributed by atoms with Crippen LogP contribution in [0.2, 0.25) is 0 Å². The lowest BCUT2D eigenvalue weighted by molar-refractivity contribution is -0.385. The van der Waals surface area contributed by atoms with E-state index >= 15 is 0 Å². The number of hydrogen-bond acceptors (Lipinski definition) is 7.